The van der Waals surface area contributed by atoms with Gasteiger partial charge in [0, 0.05) is 12.6 Å². The Morgan fingerprint density at radius 1 is 1.25 bits per heavy atom. The van der Waals surface area contributed by atoms with E-state index in [1.165, 1.54) is 16.7 Å². The van der Waals surface area contributed by atoms with Crippen molar-refractivity contribution in [2.24, 2.45) is 0 Å². The molecule has 20 heavy (non-hydrogen) atoms. The average molecular weight is 265 g/mol. The first-order valence-electron chi connectivity index (χ1n) is 7.26. The quantitative estimate of drug-likeness (QED) is 0.845. The molecule has 2 nitrogen and oxygen atoms in total. The zero-order chi connectivity index (χ0) is 13.9. The molecule has 0 saturated carbocycles. The minimum atomic E-state index is 0.0234. The summed E-state index contributed by atoms with van der Waals surface area (Å²) in [6, 6.07) is 12.3. The summed E-state index contributed by atoms with van der Waals surface area (Å²) in [7, 11) is 0. The van der Waals surface area contributed by atoms with Gasteiger partial charge in [-0.05, 0) is 48.9 Å². The molecule has 0 fully saturated rings. The van der Waals surface area contributed by atoms with Gasteiger partial charge in [-0.25, -0.2) is 0 Å². The van der Waals surface area contributed by atoms with Crippen molar-refractivity contribution in [2.75, 3.05) is 0 Å². The molecule has 0 aliphatic heterocycles. The molecule has 1 heterocycles. The SMILES string of the molecule is Cc1ccccc1CCC(=O)C1CCc2cccnc21. The monoisotopic (exact) mass is 265 g/mol. The highest BCUT2D eigenvalue weighted by molar-refractivity contribution is 5.86. The predicted molar refractivity (Wildman–Crippen MR) is 79.8 cm³/mol. The molecule has 0 N–H and O–H groups in total. The van der Waals surface area contributed by atoms with Crippen LogP contribution in [0.2, 0.25) is 0 Å². The van der Waals surface area contributed by atoms with E-state index in [2.05, 4.69) is 30.1 Å². The maximum atomic E-state index is 12.5. The second-order valence-electron chi connectivity index (χ2n) is 5.53. The first-order valence-corrected chi connectivity index (χ1v) is 7.26. The molecule has 2 aromatic rings. The molecule has 0 amide bonds. The molecule has 1 atom stereocenters. The lowest BCUT2D eigenvalue weighted by atomic mass is 9.94. The van der Waals surface area contributed by atoms with Crippen LogP contribution >= 0.6 is 0 Å². The van der Waals surface area contributed by atoms with Gasteiger partial charge in [-0.3, -0.25) is 9.78 Å². The molecular weight excluding hydrogens is 246 g/mol. The van der Waals surface area contributed by atoms with Crippen LogP contribution in [0.5, 0.6) is 0 Å². The maximum Gasteiger partial charge on any atom is 0.142 e. The summed E-state index contributed by atoms with van der Waals surface area (Å²) in [5.41, 5.74) is 4.81. The number of pyridine rings is 1. The Morgan fingerprint density at radius 3 is 2.95 bits per heavy atom. The van der Waals surface area contributed by atoms with E-state index in [-0.39, 0.29) is 5.92 Å². The first-order chi connectivity index (χ1) is 9.75. The maximum absolute atomic E-state index is 12.5. The number of carbonyl (C=O) groups is 1. The topological polar surface area (TPSA) is 30.0 Å². The molecule has 102 valence electrons. The molecule has 0 saturated heterocycles. The first kappa shape index (κ1) is 13.0. The van der Waals surface area contributed by atoms with Crippen molar-refractivity contribution in [3.05, 3.63) is 65.0 Å². The third-order valence-electron chi connectivity index (χ3n) is 4.25. The molecule has 1 unspecified atom stereocenters. The van der Waals surface area contributed by atoms with Gasteiger partial charge in [0.2, 0.25) is 0 Å². The molecule has 0 radical (unpaired) electrons. The van der Waals surface area contributed by atoms with Gasteiger partial charge in [0.25, 0.3) is 0 Å². The third kappa shape index (κ3) is 2.51. The lowest BCUT2D eigenvalue weighted by Crippen LogP contribution is -2.12. The van der Waals surface area contributed by atoms with Crippen LogP contribution < -0.4 is 0 Å². The highest BCUT2D eigenvalue weighted by Gasteiger charge is 2.29. The molecule has 1 aliphatic rings. The summed E-state index contributed by atoms with van der Waals surface area (Å²) in [5, 5.41) is 0. The Labute approximate surface area is 119 Å². The van der Waals surface area contributed by atoms with Crippen LogP contribution in [0, 0.1) is 6.92 Å². The highest BCUT2D eigenvalue weighted by Crippen LogP contribution is 2.32. The molecule has 0 bridgehead atoms. The van der Waals surface area contributed by atoms with Gasteiger partial charge in [0.15, 0.2) is 0 Å². The van der Waals surface area contributed by atoms with Gasteiger partial charge in [-0.15, -0.1) is 0 Å². The standard InChI is InChI=1S/C18H19NO/c1-13-5-2-3-6-14(13)9-11-17(20)16-10-8-15-7-4-12-19-18(15)16/h2-7,12,16H,8-11H2,1H3. The van der Waals surface area contributed by atoms with Gasteiger partial charge in [0.05, 0.1) is 11.6 Å². The van der Waals surface area contributed by atoms with Crippen LogP contribution in [-0.4, -0.2) is 10.8 Å². The summed E-state index contributed by atoms with van der Waals surface area (Å²) in [5.74, 6) is 0.362. The van der Waals surface area contributed by atoms with E-state index in [1.54, 1.807) is 6.20 Å². The van der Waals surface area contributed by atoms with Crippen LogP contribution in [0.15, 0.2) is 42.6 Å². The van der Waals surface area contributed by atoms with E-state index in [9.17, 15) is 4.79 Å². The van der Waals surface area contributed by atoms with Crippen LogP contribution in [0.4, 0.5) is 0 Å². The van der Waals surface area contributed by atoms with Crippen LogP contribution in [0.1, 0.15) is 41.1 Å². The van der Waals surface area contributed by atoms with Crippen molar-refractivity contribution in [3.8, 4) is 0 Å². The van der Waals surface area contributed by atoms with Gasteiger partial charge >= 0.3 is 0 Å². The van der Waals surface area contributed by atoms with E-state index < -0.39 is 0 Å². The molecule has 0 spiro atoms. The number of fused-ring (bicyclic) bond motifs is 1. The molecule has 2 heteroatoms. The van der Waals surface area contributed by atoms with Gasteiger partial charge in [-0.2, -0.15) is 0 Å². The fourth-order valence-electron chi connectivity index (χ4n) is 3.05. The van der Waals surface area contributed by atoms with Crippen molar-refractivity contribution >= 4 is 5.78 Å². The summed E-state index contributed by atoms with van der Waals surface area (Å²) in [6.45, 7) is 2.10. The minimum absolute atomic E-state index is 0.0234. The molecular formula is C18H19NO. The van der Waals surface area contributed by atoms with E-state index in [1.807, 2.05) is 18.2 Å². The summed E-state index contributed by atoms with van der Waals surface area (Å²) < 4.78 is 0. The van der Waals surface area contributed by atoms with Crippen LogP contribution in [0.25, 0.3) is 0 Å². The molecule has 1 aliphatic carbocycles. The van der Waals surface area contributed by atoms with Crippen LogP contribution in [0.3, 0.4) is 0 Å². The van der Waals surface area contributed by atoms with Crippen molar-refractivity contribution in [1.82, 2.24) is 4.98 Å². The van der Waals surface area contributed by atoms with E-state index in [0.717, 1.165) is 25.0 Å². The third-order valence-corrected chi connectivity index (χ3v) is 4.25. The van der Waals surface area contributed by atoms with Crippen LogP contribution in [-0.2, 0) is 17.6 Å². The number of nitrogens with zero attached hydrogens (tertiary/aromatic N) is 1. The summed E-state index contributed by atoms with van der Waals surface area (Å²) in [6.07, 6.45) is 5.17. The van der Waals surface area contributed by atoms with Gasteiger partial charge in [-0.1, -0.05) is 30.3 Å². The Morgan fingerprint density at radius 2 is 2.10 bits per heavy atom. The average Bonchev–Trinajstić information content (AvgIpc) is 2.90. The molecule has 3 rings (SSSR count). The Bertz CT molecular complexity index is 633. The lowest BCUT2D eigenvalue weighted by Gasteiger charge is -2.10. The largest absolute Gasteiger partial charge is 0.299 e. The zero-order valence-corrected chi connectivity index (χ0v) is 11.8. The van der Waals surface area contributed by atoms with Crippen molar-refractivity contribution in [2.45, 2.75) is 38.5 Å². The number of hydrogen-bond donors (Lipinski definition) is 0. The molecule has 1 aromatic heterocycles. The van der Waals surface area contributed by atoms with Gasteiger partial charge < -0.3 is 0 Å². The van der Waals surface area contributed by atoms with E-state index >= 15 is 0 Å². The van der Waals surface area contributed by atoms with E-state index in [0.29, 0.717) is 12.2 Å². The number of ketones is 1. The number of Topliss-reactive ketones (excluding diaryl/α,β-unsaturated/α-hetero) is 1. The lowest BCUT2D eigenvalue weighted by molar-refractivity contribution is -0.120. The number of benzene rings is 1. The summed E-state index contributed by atoms with van der Waals surface area (Å²) >= 11 is 0. The number of aryl methyl sites for hydroxylation is 3. The van der Waals surface area contributed by atoms with Gasteiger partial charge in [0.1, 0.15) is 5.78 Å². The second kappa shape index (κ2) is 5.58. The number of rotatable bonds is 4. The number of hydrogen-bond acceptors (Lipinski definition) is 2. The fourth-order valence-corrected chi connectivity index (χ4v) is 3.05. The minimum Gasteiger partial charge on any atom is -0.299 e. The predicted octanol–water partition coefficient (Wildman–Crippen LogP) is 3.62. The number of aromatic nitrogens is 1. The smallest absolute Gasteiger partial charge is 0.142 e. The Balaban J connectivity index is 1.68. The summed E-state index contributed by atoms with van der Waals surface area (Å²) in [4.78, 5) is 16.9. The Hall–Kier alpha value is -1.96. The van der Waals surface area contributed by atoms with Crippen molar-refractivity contribution in [1.29, 1.82) is 0 Å². The van der Waals surface area contributed by atoms with Crippen molar-refractivity contribution < 1.29 is 4.79 Å². The zero-order valence-electron chi connectivity index (χ0n) is 11.8. The molecule has 1 aromatic carbocycles. The number of carbonyl (C=O) groups excluding carboxylic acids is 1. The normalized spacial score (nSPS) is 16.9. The Kier molecular flexibility index (Phi) is 3.64. The fraction of sp³-hybridized carbons (Fsp3) is 0.333. The second-order valence-corrected chi connectivity index (χ2v) is 5.53. The van der Waals surface area contributed by atoms with Crippen molar-refractivity contribution in [3.63, 3.8) is 0 Å². The van der Waals surface area contributed by atoms with E-state index in [4.69, 9.17) is 0 Å². The highest BCUT2D eigenvalue weighted by atomic mass is 16.1.